The highest BCUT2D eigenvalue weighted by Crippen LogP contribution is 2.33. The SMILES string of the molecule is CN(Cc1nccs1)c1nnc(-c2ccccc2Cl)s1. The minimum atomic E-state index is 0.692. The van der Waals surface area contributed by atoms with Gasteiger partial charge in [-0.25, -0.2) is 4.98 Å². The Labute approximate surface area is 129 Å². The lowest BCUT2D eigenvalue weighted by Gasteiger charge is -2.12. The molecule has 0 unspecified atom stereocenters. The molecule has 2 heterocycles. The van der Waals surface area contributed by atoms with Gasteiger partial charge in [-0.3, -0.25) is 0 Å². The maximum Gasteiger partial charge on any atom is 0.208 e. The molecular formula is C13H11ClN4S2. The van der Waals surface area contributed by atoms with Crippen LogP contribution in [0.15, 0.2) is 35.8 Å². The average molecular weight is 323 g/mol. The monoisotopic (exact) mass is 322 g/mol. The zero-order valence-corrected chi connectivity index (χ0v) is 13.0. The molecule has 0 bridgehead atoms. The second kappa shape index (κ2) is 5.87. The third-order valence-corrected chi connectivity index (χ3v) is 4.87. The molecule has 0 fully saturated rings. The fourth-order valence-electron chi connectivity index (χ4n) is 1.71. The van der Waals surface area contributed by atoms with Crippen molar-refractivity contribution in [3.63, 3.8) is 0 Å². The Morgan fingerprint density at radius 3 is 2.85 bits per heavy atom. The van der Waals surface area contributed by atoms with Gasteiger partial charge in [-0.15, -0.1) is 21.5 Å². The van der Waals surface area contributed by atoms with E-state index in [9.17, 15) is 0 Å². The minimum Gasteiger partial charge on any atom is -0.343 e. The predicted octanol–water partition coefficient (Wildman–Crippen LogP) is 3.95. The van der Waals surface area contributed by atoms with Gasteiger partial charge in [0.25, 0.3) is 0 Å². The van der Waals surface area contributed by atoms with Crippen LogP contribution in [0, 0.1) is 0 Å². The summed E-state index contributed by atoms with van der Waals surface area (Å²) < 4.78 is 0. The van der Waals surface area contributed by atoms with E-state index in [4.69, 9.17) is 11.6 Å². The molecule has 7 heteroatoms. The molecule has 0 aliphatic heterocycles. The highest BCUT2D eigenvalue weighted by molar-refractivity contribution is 7.18. The molecule has 102 valence electrons. The number of anilines is 1. The van der Waals surface area contributed by atoms with Crippen LogP contribution in [0.25, 0.3) is 10.6 Å². The molecule has 0 amide bonds. The molecule has 3 aromatic rings. The first kappa shape index (κ1) is 13.5. The number of thiazole rings is 1. The number of hydrogen-bond acceptors (Lipinski definition) is 6. The lowest BCUT2D eigenvalue weighted by molar-refractivity contribution is 0.885. The topological polar surface area (TPSA) is 41.9 Å². The largest absolute Gasteiger partial charge is 0.343 e. The van der Waals surface area contributed by atoms with Crippen LogP contribution in [0.5, 0.6) is 0 Å². The van der Waals surface area contributed by atoms with Crippen LogP contribution in [0.4, 0.5) is 5.13 Å². The third-order valence-electron chi connectivity index (χ3n) is 2.70. The van der Waals surface area contributed by atoms with E-state index in [0.29, 0.717) is 5.02 Å². The lowest BCUT2D eigenvalue weighted by Crippen LogP contribution is -2.15. The summed E-state index contributed by atoms with van der Waals surface area (Å²) in [5.74, 6) is 0. The summed E-state index contributed by atoms with van der Waals surface area (Å²) >= 11 is 9.34. The van der Waals surface area contributed by atoms with Gasteiger partial charge in [-0.2, -0.15) is 0 Å². The summed E-state index contributed by atoms with van der Waals surface area (Å²) in [6.07, 6.45) is 1.81. The number of nitrogens with zero attached hydrogens (tertiary/aromatic N) is 4. The van der Waals surface area contributed by atoms with Crippen LogP contribution < -0.4 is 4.90 Å². The molecule has 0 saturated heterocycles. The average Bonchev–Trinajstić information content (AvgIpc) is 3.10. The summed E-state index contributed by atoms with van der Waals surface area (Å²) in [6.45, 7) is 0.731. The molecule has 20 heavy (non-hydrogen) atoms. The second-order valence-corrected chi connectivity index (χ2v) is 6.49. The molecule has 0 aliphatic rings. The van der Waals surface area contributed by atoms with Crippen LogP contribution in [-0.4, -0.2) is 22.2 Å². The van der Waals surface area contributed by atoms with Crippen LogP contribution in [0.2, 0.25) is 5.02 Å². The molecule has 2 aromatic heterocycles. The Morgan fingerprint density at radius 2 is 2.10 bits per heavy atom. The molecule has 0 saturated carbocycles. The summed E-state index contributed by atoms with van der Waals surface area (Å²) in [4.78, 5) is 6.31. The van der Waals surface area contributed by atoms with Crippen molar-refractivity contribution in [2.75, 3.05) is 11.9 Å². The van der Waals surface area contributed by atoms with Crippen molar-refractivity contribution in [2.24, 2.45) is 0 Å². The summed E-state index contributed by atoms with van der Waals surface area (Å²) in [5.41, 5.74) is 0.917. The maximum atomic E-state index is 6.18. The Hall–Kier alpha value is -1.50. The predicted molar refractivity (Wildman–Crippen MR) is 84.6 cm³/mol. The van der Waals surface area contributed by atoms with Crippen LogP contribution >= 0.6 is 34.3 Å². The number of rotatable bonds is 4. The Kier molecular flexibility index (Phi) is 3.95. The van der Waals surface area contributed by atoms with Crippen LogP contribution in [0.1, 0.15) is 5.01 Å². The van der Waals surface area contributed by atoms with Gasteiger partial charge in [0.05, 0.1) is 11.6 Å². The van der Waals surface area contributed by atoms with Crippen molar-refractivity contribution in [2.45, 2.75) is 6.54 Å². The highest BCUT2D eigenvalue weighted by atomic mass is 35.5. The maximum absolute atomic E-state index is 6.18. The first-order chi connectivity index (χ1) is 9.74. The van der Waals surface area contributed by atoms with Crippen molar-refractivity contribution >= 4 is 39.4 Å². The van der Waals surface area contributed by atoms with Gasteiger partial charge in [-0.1, -0.05) is 41.1 Å². The van der Waals surface area contributed by atoms with Gasteiger partial charge in [0.1, 0.15) is 5.01 Å². The Balaban J connectivity index is 1.81. The first-order valence-electron chi connectivity index (χ1n) is 5.92. The second-order valence-electron chi connectivity index (χ2n) is 4.15. The molecule has 4 nitrogen and oxygen atoms in total. The van der Waals surface area contributed by atoms with Gasteiger partial charge >= 0.3 is 0 Å². The molecule has 0 aliphatic carbocycles. The summed E-state index contributed by atoms with van der Waals surface area (Å²) in [6, 6.07) is 7.66. The van der Waals surface area contributed by atoms with Crippen molar-refractivity contribution < 1.29 is 0 Å². The van der Waals surface area contributed by atoms with Gasteiger partial charge in [0, 0.05) is 24.2 Å². The molecule has 0 radical (unpaired) electrons. The fourth-order valence-corrected chi connectivity index (χ4v) is 3.51. The first-order valence-corrected chi connectivity index (χ1v) is 7.99. The van der Waals surface area contributed by atoms with Crippen LogP contribution in [-0.2, 0) is 6.54 Å². The van der Waals surface area contributed by atoms with Gasteiger partial charge < -0.3 is 4.90 Å². The van der Waals surface area contributed by atoms with Crippen molar-refractivity contribution in [1.82, 2.24) is 15.2 Å². The summed E-state index contributed by atoms with van der Waals surface area (Å²) in [7, 11) is 1.98. The zero-order valence-electron chi connectivity index (χ0n) is 10.7. The molecule has 0 spiro atoms. The fraction of sp³-hybridized carbons (Fsp3) is 0.154. The van der Waals surface area contributed by atoms with Crippen molar-refractivity contribution in [1.29, 1.82) is 0 Å². The quantitative estimate of drug-likeness (QED) is 0.729. The van der Waals surface area contributed by atoms with E-state index in [0.717, 1.165) is 27.3 Å². The minimum absolute atomic E-state index is 0.692. The van der Waals surface area contributed by atoms with Gasteiger partial charge in [0.2, 0.25) is 5.13 Å². The third kappa shape index (κ3) is 2.82. The van der Waals surface area contributed by atoms with E-state index in [1.807, 2.05) is 47.8 Å². The number of benzene rings is 1. The zero-order chi connectivity index (χ0) is 13.9. The number of hydrogen-bond donors (Lipinski definition) is 0. The molecule has 0 N–H and O–H groups in total. The standard InChI is InChI=1S/C13H11ClN4S2/c1-18(8-11-15-6-7-19-11)13-17-16-12(20-13)9-4-2-3-5-10(9)14/h2-7H,8H2,1H3. The van der Waals surface area contributed by atoms with Crippen molar-refractivity contribution in [3.8, 4) is 10.6 Å². The highest BCUT2D eigenvalue weighted by Gasteiger charge is 2.13. The number of halogens is 1. The van der Waals surface area contributed by atoms with Crippen molar-refractivity contribution in [3.05, 3.63) is 45.9 Å². The molecule has 0 atom stereocenters. The van der Waals surface area contributed by atoms with E-state index in [1.54, 1.807) is 11.3 Å². The van der Waals surface area contributed by atoms with Crippen LogP contribution in [0.3, 0.4) is 0 Å². The van der Waals surface area contributed by atoms with Gasteiger partial charge in [0.15, 0.2) is 5.01 Å². The molecular weight excluding hydrogens is 312 g/mol. The van der Waals surface area contributed by atoms with E-state index in [2.05, 4.69) is 15.2 Å². The smallest absolute Gasteiger partial charge is 0.208 e. The van der Waals surface area contributed by atoms with E-state index in [1.165, 1.54) is 11.3 Å². The van der Waals surface area contributed by atoms with Gasteiger partial charge in [-0.05, 0) is 6.07 Å². The molecule has 1 aromatic carbocycles. The van der Waals surface area contributed by atoms with E-state index < -0.39 is 0 Å². The number of aromatic nitrogens is 3. The normalized spacial score (nSPS) is 10.7. The van der Waals surface area contributed by atoms with E-state index >= 15 is 0 Å². The lowest BCUT2D eigenvalue weighted by atomic mass is 10.2. The Bertz CT molecular complexity index is 696. The summed E-state index contributed by atoms with van der Waals surface area (Å²) in [5, 5.41) is 13.9. The Morgan fingerprint density at radius 1 is 1.25 bits per heavy atom. The molecule has 3 rings (SSSR count). The van der Waals surface area contributed by atoms with E-state index in [-0.39, 0.29) is 0 Å².